The number of carboxylic acids is 1. The minimum atomic E-state index is -1.12. The normalized spacial score (nSPS) is 10.8. The maximum atomic E-state index is 10.5. The van der Waals surface area contributed by atoms with E-state index in [2.05, 4.69) is 39.9 Å². The number of carbonyl (C=O) groups excluding carboxylic acids is 1. The Morgan fingerprint density at radius 3 is 1.77 bits per heavy atom. The van der Waals surface area contributed by atoms with Crippen LogP contribution in [0.25, 0.3) is 0 Å². The van der Waals surface area contributed by atoms with Gasteiger partial charge in [0.2, 0.25) is 0 Å². The highest BCUT2D eigenvalue weighted by Gasteiger charge is 2.12. The highest BCUT2D eigenvalue weighted by molar-refractivity contribution is 5.85. The lowest BCUT2D eigenvalue weighted by molar-refractivity contribution is -0.655. The topological polar surface area (TPSA) is 56.7 Å². The lowest BCUT2D eigenvalue weighted by Crippen LogP contribution is -2.84. The Bertz CT molecular complexity index is 398. The molecule has 2 N–H and O–H groups in total. The van der Waals surface area contributed by atoms with Gasteiger partial charge in [0.25, 0.3) is 0 Å². The van der Waals surface area contributed by atoms with Crippen LogP contribution >= 0.6 is 0 Å². The molecule has 0 unspecified atom stereocenters. The number of benzene rings is 1. The van der Waals surface area contributed by atoms with Gasteiger partial charge in [-0.15, -0.1) is 0 Å². The van der Waals surface area contributed by atoms with E-state index < -0.39 is 5.97 Å². The predicted octanol–water partition coefficient (Wildman–Crippen LogP) is 2.50. The van der Waals surface area contributed by atoms with Crippen LogP contribution in [0.3, 0.4) is 0 Å². The molecule has 1 rings (SSSR count). The van der Waals surface area contributed by atoms with Crippen molar-refractivity contribution >= 4 is 5.97 Å². The van der Waals surface area contributed by atoms with Gasteiger partial charge in [0.1, 0.15) is 0 Å². The zero-order chi connectivity index (χ0) is 17.0. The van der Waals surface area contributed by atoms with Crippen LogP contribution in [0, 0.1) is 0 Å². The molecule has 1 aromatic rings. The van der Waals surface area contributed by atoms with Crippen molar-refractivity contribution < 1.29 is 15.2 Å². The van der Waals surface area contributed by atoms with Gasteiger partial charge >= 0.3 is 0 Å². The SMILES string of the molecule is CC(C)(C)c1ccc(C(=O)[O-])cc1.CCCC[NH2+]CCCC. The molecule has 0 radical (unpaired) electrons. The van der Waals surface area contributed by atoms with Gasteiger partial charge in [-0.05, 0) is 29.4 Å². The standard InChI is InChI=1S/C11H14O2.C8H19N/c1-11(2,3)9-6-4-8(5-7-9)10(12)13;1-3-5-7-9-8-6-4-2/h4-7H,1-3H3,(H,12,13);9H,3-8H2,1-2H3. The van der Waals surface area contributed by atoms with Gasteiger partial charge in [-0.25, -0.2) is 0 Å². The molecule has 3 nitrogen and oxygen atoms in total. The Balaban J connectivity index is 0.000000433. The average Bonchev–Trinajstić information content (AvgIpc) is 2.47. The third-order valence-corrected chi connectivity index (χ3v) is 3.51. The van der Waals surface area contributed by atoms with Crippen LogP contribution in [0.1, 0.15) is 76.2 Å². The summed E-state index contributed by atoms with van der Waals surface area (Å²) in [5.74, 6) is -1.12. The smallest absolute Gasteiger partial charge is 0.0755 e. The summed E-state index contributed by atoms with van der Waals surface area (Å²) in [6.07, 6.45) is 5.43. The van der Waals surface area contributed by atoms with Gasteiger partial charge in [0.05, 0.1) is 19.1 Å². The lowest BCUT2D eigenvalue weighted by Gasteiger charge is -2.19. The second-order valence-corrected chi connectivity index (χ2v) is 6.69. The number of hydrogen-bond donors (Lipinski definition) is 1. The Hall–Kier alpha value is -1.35. The highest BCUT2D eigenvalue weighted by atomic mass is 16.4. The number of unbranched alkanes of at least 4 members (excludes halogenated alkanes) is 2. The van der Waals surface area contributed by atoms with Crippen LogP contribution in [0.4, 0.5) is 0 Å². The molecular weight excluding hydrogens is 274 g/mol. The molecule has 0 heterocycles. The van der Waals surface area contributed by atoms with Crippen molar-refractivity contribution in [1.82, 2.24) is 0 Å². The fourth-order valence-corrected chi connectivity index (χ4v) is 1.95. The second kappa shape index (κ2) is 11.2. The van der Waals surface area contributed by atoms with Crippen molar-refractivity contribution in [2.45, 2.75) is 65.7 Å². The first kappa shape index (κ1) is 20.6. The Morgan fingerprint density at radius 2 is 1.45 bits per heavy atom. The predicted molar refractivity (Wildman–Crippen MR) is 90.9 cm³/mol. The average molecular weight is 307 g/mol. The quantitative estimate of drug-likeness (QED) is 0.787. The molecule has 0 saturated heterocycles. The third kappa shape index (κ3) is 9.56. The summed E-state index contributed by atoms with van der Waals surface area (Å²) in [6, 6.07) is 6.81. The van der Waals surface area contributed by atoms with Crippen LogP contribution in [0.15, 0.2) is 24.3 Å². The van der Waals surface area contributed by atoms with Gasteiger partial charge in [0.15, 0.2) is 0 Å². The van der Waals surface area contributed by atoms with E-state index in [-0.39, 0.29) is 11.0 Å². The van der Waals surface area contributed by atoms with Crippen LogP contribution in [-0.2, 0) is 5.41 Å². The number of hydrogen-bond acceptors (Lipinski definition) is 2. The zero-order valence-electron chi connectivity index (χ0n) is 14.9. The molecule has 0 spiro atoms. The summed E-state index contributed by atoms with van der Waals surface area (Å²) >= 11 is 0. The molecule has 0 bridgehead atoms. The number of aromatic carboxylic acids is 1. The third-order valence-electron chi connectivity index (χ3n) is 3.51. The molecule has 0 aliphatic rings. The fourth-order valence-electron chi connectivity index (χ4n) is 1.95. The Morgan fingerprint density at radius 1 is 1.00 bits per heavy atom. The number of quaternary nitrogens is 1. The maximum absolute atomic E-state index is 10.5. The van der Waals surface area contributed by atoms with E-state index >= 15 is 0 Å². The van der Waals surface area contributed by atoms with Crippen LogP contribution < -0.4 is 10.4 Å². The van der Waals surface area contributed by atoms with Gasteiger partial charge in [-0.2, -0.15) is 0 Å². The Kier molecular flexibility index (Phi) is 10.6. The summed E-state index contributed by atoms with van der Waals surface area (Å²) in [4.78, 5) is 10.5. The van der Waals surface area contributed by atoms with Gasteiger partial charge in [-0.1, -0.05) is 71.7 Å². The van der Waals surface area contributed by atoms with E-state index in [4.69, 9.17) is 0 Å². The van der Waals surface area contributed by atoms with Crippen molar-refractivity contribution in [3.63, 3.8) is 0 Å². The molecule has 0 aliphatic carbocycles. The van der Waals surface area contributed by atoms with Crippen molar-refractivity contribution in [2.24, 2.45) is 0 Å². The van der Waals surface area contributed by atoms with Gasteiger partial charge in [0, 0.05) is 0 Å². The zero-order valence-corrected chi connectivity index (χ0v) is 14.9. The number of nitrogens with two attached hydrogens (primary N) is 1. The first-order valence-electron chi connectivity index (χ1n) is 8.46. The molecular formula is C19H33NO2. The lowest BCUT2D eigenvalue weighted by atomic mass is 9.87. The molecule has 0 aliphatic heterocycles. The monoisotopic (exact) mass is 307 g/mol. The van der Waals surface area contributed by atoms with Crippen molar-refractivity contribution in [3.05, 3.63) is 35.4 Å². The van der Waals surface area contributed by atoms with E-state index in [9.17, 15) is 9.90 Å². The summed E-state index contributed by atoms with van der Waals surface area (Å²) in [5, 5.41) is 12.9. The summed E-state index contributed by atoms with van der Waals surface area (Å²) < 4.78 is 0. The van der Waals surface area contributed by atoms with Crippen molar-refractivity contribution in [2.75, 3.05) is 13.1 Å². The molecule has 0 fully saturated rings. The van der Waals surface area contributed by atoms with Crippen LogP contribution in [0.5, 0.6) is 0 Å². The van der Waals surface area contributed by atoms with Gasteiger partial charge in [-0.3, -0.25) is 0 Å². The molecule has 126 valence electrons. The minimum absolute atomic E-state index is 0.0600. The van der Waals surface area contributed by atoms with E-state index in [1.165, 1.54) is 38.8 Å². The number of carbonyl (C=O) groups is 1. The first-order chi connectivity index (χ1) is 10.3. The van der Waals surface area contributed by atoms with E-state index in [0.29, 0.717) is 0 Å². The van der Waals surface area contributed by atoms with Crippen molar-refractivity contribution in [1.29, 1.82) is 0 Å². The largest absolute Gasteiger partial charge is 0.545 e. The maximum Gasteiger partial charge on any atom is 0.0755 e. The summed E-state index contributed by atoms with van der Waals surface area (Å²) in [5.41, 5.74) is 1.41. The number of carboxylic acid groups (broad SMARTS) is 1. The second-order valence-electron chi connectivity index (χ2n) is 6.69. The van der Waals surface area contributed by atoms with Gasteiger partial charge < -0.3 is 15.2 Å². The minimum Gasteiger partial charge on any atom is -0.545 e. The molecule has 1 aromatic carbocycles. The molecule has 0 amide bonds. The molecule has 22 heavy (non-hydrogen) atoms. The number of rotatable bonds is 7. The van der Waals surface area contributed by atoms with E-state index in [0.717, 1.165) is 5.56 Å². The fraction of sp³-hybridized carbons (Fsp3) is 0.632. The summed E-state index contributed by atoms with van der Waals surface area (Å²) in [6.45, 7) is 13.4. The van der Waals surface area contributed by atoms with E-state index in [1.807, 2.05) is 12.1 Å². The molecule has 0 saturated carbocycles. The molecule has 0 atom stereocenters. The Labute approximate surface area is 136 Å². The molecule has 0 aromatic heterocycles. The summed E-state index contributed by atoms with van der Waals surface area (Å²) in [7, 11) is 0. The van der Waals surface area contributed by atoms with Crippen LogP contribution in [0.2, 0.25) is 0 Å². The van der Waals surface area contributed by atoms with E-state index in [1.54, 1.807) is 12.1 Å². The van der Waals surface area contributed by atoms with Crippen molar-refractivity contribution in [3.8, 4) is 0 Å². The molecule has 3 heteroatoms. The highest BCUT2D eigenvalue weighted by Crippen LogP contribution is 2.21. The van der Waals surface area contributed by atoms with Crippen LogP contribution in [-0.4, -0.2) is 19.1 Å². The first-order valence-corrected chi connectivity index (χ1v) is 8.46.